The van der Waals surface area contributed by atoms with E-state index in [0.29, 0.717) is 22.7 Å². The van der Waals surface area contributed by atoms with E-state index in [4.69, 9.17) is 15.7 Å². The summed E-state index contributed by atoms with van der Waals surface area (Å²) in [7, 11) is 0. The Bertz CT molecular complexity index is 632. The Hall–Kier alpha value is -1.99. The molecular weight excluding hydrogens is 292 g/mol. The average Bonchev–Trinajstić information content (AvgIpc) is 2.33. The number of nitriles is 1. The third kappa shape index (κ3) is 2.63. The lowest BCUT2D eigenvalue weighted by atomic mass is 10.2. The molecule has 18 heavy (non-hydrogen) atoms. The Labute approximate surface area is 114 Å². The van der Waals surface area contributed by atoms with Crippen LogP contribution in [0.5, 0.6) is 11.5 Å². The normalized spacial score (nSPS) is 9.83. The third-order valence-electron chi connectivity index (χ3n) is 2.48. The molecule has 3 nitrogen and oxygen atoms in total. The highest BCUT2D eigenvalue weighted by molar-refractivity contribution is 9.10. The van der Waals surface area contributed by atoms with Crippen molar-refractivity contribution in [2.75, 3.05) is 5.73 Å². The second-order valence-electron chi connectivity index (χ2n) is 3.88. The van der Waals surface area contributed by atoms with Gasteiger partial charge < -0.3 is 10.5 Å². The highest BCUT2D eigenvalue weighted by Gasteiger charge is 2.07. The molecule has 0 aliphatic heterocycles. The molecular formula is C14H11BrN2O. The van der Waals surface area contributed by atoms with E-state index in [1.807, 2.05) is 13.0 Å². The van der Waals surface area contributed by atoms with Crippen molar-refractivity contribution in [1.82, 2.24) is 0 Å². The number of anilines is 1. The molecule has 2 rings (SSSR count). The number of nitrogens with zero attached hydrogens (tertiary/aromatic N) is 1. The largest absolute Gasteiger partial charge is 0.456 e. The van der Waals surface area contributed by atoms with Crippen LogP contribution in [0.15, 0.2) is 40.9 Å². The number of benzene rings is 2. The number of nitrogen functional groups attached to an aromatic ring is 1. The first-order chi connectivity index (χ1) is 8.60. The molecule has 0 unspecified atom stereocenters. The number of ether oxygens (including phenoxy) is 1. The highest BCUT2D eigenvalue weighted by Crippen LogP contribution is 2.30. The van der Waals surface area contributed by atoms with Gasteiger partial charge in [-0.3, -0.25) is 0 Å². The molecule has 4 heteroatoms. The van der Waals surface area contributed by atoms with E-state index in [9.17, 15) is 0 Å². The molecule has 0 fully saturated rings. The van der Waals surface area contributed by atoms with Gasteiger partial charge in [0.2, 0.25) is 0 Å². The van der Waals surface area contributed by atoms with Gasteiger partial charge in [-0.25, -0.2) is 0 Å². The second-order valence-corrected chi connectivity index (χ2v) is 4.79. The molecule has 2 N–H and O–H groups in total. The van der Waals surface area contributed by atoms with Crippen molar-refractivity contribution in [3.63, 3.8) is 0 Å². The van der Waals surface area contributed by atoms with Crippen LogP contribution in [0.1, 0.15) is 11.1 Å². The molecule has 0 aromatic heterocycles. The summed E-state index contributed by atoms with van der Waals surface area (Å²) in [5.74, 6) is 1.22. The number of hydrogen-bond acceptors (Lipinski definition) is 3. The number of hydrogen-bond donors (Lipinski definition) is 1. The molecule has 2 aromatic rings. The molecule has 0 aliphatic rings. The maximum atomic E-state index is 9.04. The standard InChI is InChI=1S/C14H11BrN2O/c1-9-6-12(17)4-5-13(9)18-14-7-11(15)3-2-10(14)8-16/h2-7H,17H2,1H3. The van der Waals surface area contributed by atoms with Crippen LogP contribution in [-0.2, 0) is 0 Å². The summed E-state index contributed by atoms with van der Waals surface area (Å²) in [4.78, 5) is 0. The number of rotatable bonds is 2. The summed E-state index contributed by atoms with van der Waals surface area (Å²) in [6.45, 7) is 1.91. The maximum Gasteiger partial charge on any atom is 0.146 e. The summed E-state index contributed by atoms with van der Waals surface area (Å²) in [6.07, 6.45) is 0. The maximum absolute atomic E-state index is 9.04. The van der Waals surface area contributed by atoms with Gasteiger partial charge in [-0.2, -0.15) is 5.26 Å². The molecule has 90 valence electrons. The Morgan fingerprint density at radius 2 is 1.94 bits per heavy atom. The summed E-state index contributed by atoms with van der Waals surface area (Å²) < 4.78 is 6.62. The van der Waals surface area contributed by atoms with Crippen LogP contribution in [0.3, 0.4) is 0 Å². The summed E-state index contributed by atoms with van der Waals surface area (Å²) in [5.41, 5.74) is 7.80. The van der Waals surface area contributed by atoms with E-state index in [1.165, 1.54) is 0 Å². The minimum Gasteiger partial charge on any atom is -0.456 e. The molecule has 0 spiro atoms. The van der Waals surface area contributed by atoms with Crippen molar-refractivity contribution in [3.8, 4) is 17.6 Å². The molecule has 0 aliphatic carbocycles. The Morgan fingerprint density at radius 1 is 1.17 bits per heavy atom. The van der Waals surface area contributed by atoms with Crippen LogP contribution < -0.4 is 10.5 Å². The van der Waals surface area contributed by atoms with Gasteiger partial charge in [0, 0.05) is 10.2 Å². The van der Waals surface area contributed by atoms with Gasteiger partial charge in [0.05, 0.1) is 5.56 Å². The first kappa shape index (κ1) is 12.5. The van der Waals surface area contributed by atoms with Gasteiger partial charge in [-0.05, 0) is 48.9 Å². The molecule has 0 radical (unpaired) electrons. The summed E-state index contributed by atoms with van der Waals surface area (Å²) in [5, 5.41) is 9.04. The first-order valence-corrected chi connectivity index (χ1v) is 6.13. The van der Waals surface area contributed by atoms with E-state index >= 15 is 0 Å². The van der Waals surface area contributed by atoms with Gasteiger partial charge in [-0.1, -0.05) is 15.9 Å². The summed E-state index contributed by atoms with van der Waals surface area (Å²) in [6, 6.07) is 12.8. The van der Waals surface area contributed by atoms with Crippen LogP contribution in [0.4, 0.5) is 5.69 Å². The van der Waals surface area contributed by atoms with E-state index in [-0.39, 0.29) is 0 Å². The Morgan fingerprint density at radius 3 is 2.61 bits per heavy atom. The van der Waals surface area contributed by atoms with Gasteiger partial charge in [-0.15, -0.1) is 0 Å². The topological polar surface area (TPSA) is 59.0 Å². The van der Waals surface area contributed by atoms with Crippen molar-refractivity contribution in [3.05, 3.63) is 52.0 Å². The van der Waals surface area contributed by atoms with E-state index in [0.717, 1.165) is 10.0 Å². The minimum atomic E-state index is 0.495. The predicted molar refractivity (Wildman–Crippen MR) is 74.5 cm³/mol. The number of halogens is 1. The second kappa shape index (κ2) is 5.11. The third-order valence-corrected chi connectivity index (χ3v) is 2.98. The molecule has 2 aromatic carbocycles. The molecule has 0 bridgehead atoms. The van der Waals surface area contributed by atoms with Crippen LogP contribution in [-0.4, -0.2) is 0 Å². The Balaban J connectivity index is 2.40. The van der Waals surface area contributed by atoms with Gasteiger partial charge >= 0.3 is 0 Å². The van der Waals surface area contributed by atoms with Crippen LogP contribution in [0.25, 0.3) is 0 Å². The zero-order valence-electron chi connectivity index (χ0n) is 9.77. The lowest BCUT2D eigenvalue weighted by Crippen LogP contribution is -1.92. The quantitative estimate of drug-likeness (QED) is 0.853. The fourth-order valence-corrected chi connectivity index (χ4v) is 1.92. The molecule has 0 saturated heterocycles. The van der Waals surface area contributed by atoms with E-state index in [2.05, 4.69) is 22.0 Å². The minimum absolute atomic E-state index is 0.495. The van der Waals surface area contributed by atoms with Gasteiger partial charge in [0.1, 0.15) is 17.6 Å². The van der Waals surface area contributed by atoms with Crippen molar-refractivity contribution in [1.29, 1.82) is 5.26 Å². The average molecular weight is 303 g/mol. The van der Waals surface area contributed by atoms with Crippen molar-refractivity contribution in [2.45, 2.75) is 6.92 Å². The zero-order valence-corrected chi connectivity index (χ0v) is 11.4. The van der Waals surface area contributed by atoms with Crippen molar-refractivity contribution < 1.29 is 4.74 Å². The van der Waals surface area contributed by atoms with Crippen LogP contribution >= 0.6 is 15.9 Å². The predicted octanol–water partition coefficient (Wildman–Crippen LogP) is 4.00. The SMILES string of the molecule is Cc1cc(N)ccc1Oc1cc(Br)ccc1C#N. The van der Waals surface area contributed by atoms with Gasteiger partial charge in [0.15, 0.2) is 0 Å². The molecule has 0 amide bonds. The van der Waals surface area contributed by atoms with Gasteiger partial charge in [0.25, 0.3) is 0 Å². The zero-order chi connectivity index (χ0) is 13.1. The molecule has 0 saturated carbocycles. The summed E-state index contributed by atoms with van der Waals surface area (Å²) >= 11 is 3.36. The lowest BCUT2D eigenvalue weighted by molar-refractivity contribution is 0.477. The van der Waals surface area contributed by atoms with Crippen LogP contribution in [0, 0.1) is 18.3 Å². The van der Waals surface area contributed by atoms with E-state index < -0.39 is 0 Å². The van der Waals surface area contributed by atoms with Crippen molar-refractivity contribution >= 4 is 21.6 Å². The number of aryl methyl sites for hydroxylation is 1. The Kier molecular flexibility index (Phi) is 3.54. The van der Waals surface area contributed by atoms with E-state index in [1.54, 1.807) is 30.3 Å². The highest BCUT2D eigenvalue weighted by atomic mass is 79.9. The van der Waals surface area contributed by atoms with Crippen molar-refractivity contribution in [2.24, 2.45) is 0 Å². The van der Waals surface area contributed by atoms with Crippen LogP contribution in [0.2, 0.25) is 0 Å². The molecule has 0 atom stereocenters. The number of nitrogens with two attached hydrogens (primary N) is 1. The molecule has 0 heterocycles. The first-order valence-electron chi connectivity index (χ1n) is 5.34. The smallest absolute Gasteiger partial charge is 0.146 e. The fourth-order valence-electron chi connectivity index (χ4n) is 1.58. The lowest BCUT2D eigenvalue weighted by Gasteiger charge is -2.10. The monoisotopic (exact) mass is 302 g/mol. The fraction of sp³-hybridized carbons (Fsp3) is 0.0714.